The Balaban J connectivity index is 2.18. The second kappa shape index (κ2) is 8.52. The van der Waals surface area contributed by atoms with Crippen LogP contribution in [0.3, 0.4) is 0 Å². The summed E-state index contributed by atoms with van der Waals surface area (Å²) in [6, 6.07) is 3.90. The third-order valence-electron chi connectivity index (χ3n) is 3.20. The fraction of sp³-hybridized carbons (Fsp3) is 0.267. The number of hydrogen-bond donors (Lipinski definition) is 4. The number of nitrogens with one attached hydrogen (secondary N) is 3. The molecule has 4 N–H and O–H groups in total. The third kappa shape index (κ3) is 5.35. The zero-order valence-electron chi connectivity index (χ0n) is 13.8. The molecule has 1 heterocycles. The van der Waals surface area contributed by atoms with E-state index in [1.807, 2.05) is 5.48 Å². The summed E-state index contributed by atoms with van der Waals surface area (Å²) in [6.07, 6.45) is 7.38. The summed E-state index contributed by atoms with van der Waals surface area (Å²) in [5.74, 6) is 1.60. The van der Waals surface area contributed by atoms with E-state index in [2.05, 4.69) is 30.6 Å². The van der Waals surface area contributed by atoms with Crippen LogP contribution in [0.25, 0.3) is 0 Å². The predicted molar refractivity (Wildman–Crippen MR) is 92.9 cm³/mol. The van der Waals surface area contributed by atoms with E-state index in [9.17, 15) is 13.8 Å². The van der Waals surface area contributed by atoms with Crippen molar-refractivity contribution in [2.75, 3.05) is 12.8 Å². The summed E-state index contributed by atoms with van der Waals surface area (Å²) in [4.78, 5) is 4.14. The Labute approximate surface area is 149 Å². The van der Waals surface area contributed by atoms with Gasteiger partial charge in [-0.3, -0.25) is 10.7 Å². The number of aromatic nitrogens is 2. The van der Waals surface area contributed by atoms with Crippen LogP contribution in [0.1, 0.15) is 23.4 Å². The first kappa shape index (κ1) is 19.5. The lowest BCUT2D eigenvalue weighted by atomic mass is 10.2. The van der Waals surface area contributed by atoms with E-state index in [1.165, 1.54) is 24.5 Å². The van der Waals surface area contributed by atoms with Gasteiger partial charge >= 0.3 is 0 Å². The molecule has 0 fully saturated rings. The quantitative estimate of drug-likeness (QED) is 0.188. The van der Waals surface area contributed by atoms with Gasteiger partial charge in [-0.05, 0) is 36.2 Å². The molecule has 2 aromatic rings. The molecule has 1 atom stereocenters. The van der Waals surface area contributed by atoms with E-state index in [0.717, 1.165) is 0 Å². The average molecular weight is 380 g/mol. The van der Waals surface area contributed by atoms with Crippen LogP contribution in [0.4, 0.5) is 10.1 Å². The second-order valence-corrected chi connectivity index (χ2v) is 7.26. The number of rotatable bonds is 7. The molecule has 0 aliphatic carbocycles. The molecule has 0 amide bonds. The number of hydroxylamine groups is 1. The van der Waals surface area contributed by atoms with Crippen molar-refractivity contribution < 1.29 is 18.4 Å². The number of halogens is 1. The van der Waals surface area contributed by atoms with Gasteiger partial charge in [0, 0.05) is 12.8 Å². The van der Waals surface area contributed by atoms with Gasteiger partial charge in [-0.25, -0.2) is 27.7 Å². The minimum atomic E-state index is -2.78. The van der Waals surface area contributed by atoms with Crippen LogP contribution >= 0.6 is 0 Å². The summed E-state index contributed by atoms with van der Waals surface area (Å²) in [6.45, 7) is 0.327. The maximum atomic E-state index is 13.5. The number of hydrogen-bond acceptors (Lipinski definition) is 7. The lowest BCUT2D eigenvalue weighted by molar-refractivity contribution is 0.234. The lowest BCUT2D eigenvalue weighted by Crippen LogP contribution is -2.24. The molecule has 0 aliphatic heterocycles. The Morgan fingerprint density at radius 2 is 2.31 bits per heavy atom. The van der Waals surface area contributed by atoms with Crippen LogP contribution in [0, 0.1) is 22.9 Å². The van der Waals surface area contributed by atoms with Gasteiger partial charge in [0.25, 0.3) is 0 Å². The molecule has 0 spiro atoms. The molecule has 1 aromatic heterocycles. The first-order chi connectivity index (χ1) is 12.3. The minimum Gasteiger partial charge on any atom is -0.290 e. The molecule has 0 radical (unpaired) electrons. The van der Waals surface area contributed by atoms with Crippen LogP contribution in [0.5, 0.6) is 0 Å². The van der Waals surface area contributed by atoms with E-state index in [4.69, 9.17) is 11.2 Å². The fourth-order valence-corrected chi connectivity index (χ4v) is 2.56. The van der Waals surface area contributed by atoms with Gasteiger partial charge in [0.1, 0.15) is 21.4 Å². The number of benzene rings is 1. The molecule has 26 heavy (non-hydrogen) atoms. The van der Waals surface area contributed by atoms with Crippen molar-refractivity contribution in [2.45, 2.75) is 12.8 Å². The van der Waals surface area contributed by atoms with Crippen LogP contribution in [-0.4, -0.2) is 38.4 Å². The van der Waals surface area contributed by atoms with Crippen LogP contribution < -0.4 is 10.2 Å². The van der Waals surface area contributed by atoms with Crippen molar-refractivity contribution in [3.63, 3.8) is 0 Å². The topological polar surface area (TPSA) is 136 Å². The highest BCUT2D eigenvalue weighted by Gasteiger charge is 2.16. The van der Waals surface area contributed by atoms with Crippen molar-refractivity contribution in [2.24, 2.45) is 4.99 Å². The summed E-state index contributed by atoms with van der Waals surface area (Å²) in [5, 5.41) is 16.8. The Kier molecular flexibility index (Phi) is 6.40. The SMILES string of the molecule is C#Cc1cc(N=C(NO)c2nonc2CCCNS(C)(=N)=O)ccc1F. The summed E-state index contributed by atoms with van der Waals surface area (Å²) >= 11 is 0. The minimum absolute atomic E-state index is 0.0340. The molecule has 2 rings (SSSR count). The zero-order valence-corrected chi connectivity index (χ0v) is 14.6. The molecular weight excluding hydrogens is 363 g/mol. The largest absolute Gasteiger partial charge is 0.290 e. The number of terminal acetylenes is 1. The highest BCUT2D eigenvalue weighted by molar-refractivity contribution is 7.89. The second-order valence-electron chi connectivity index (χ2n) is 5.28. The number of aryl methyl sites for hydroxylation is 1. The zero-order chi connectivity index (χ0) is 19.2. The highest BCUT2D eigenvalue weighted by atomic mass is 32.2. The maximum absolute atomic E-state index is 13.5. The van der Waals surface area contributed by atoms with Gasteiger partial charge in [-0.2, -0.15) is 0 Å². The van der Waals surface area contributed by atoms with Gasteiger partial charge in [-0.15, -0.1) is 6.42 Å². The van der Waals surface area contributed by atoms with Crippen LogP contribution in [-0.2, 0) is 16.3 Å². The number of aliphatic imine (C=N–C) groups is 1. The maximum Gasteiger partial charge on any atom is 0.181 e. The highest BCUT2D eigenvalue weighted by Crippen LogP contribution is 2.18. The van der Waals surface area contributed by atoms with Crippen molar-refractivity contribution in [1.29, 1.82) is 4.78 Å². The Morgan fingerprint density at radius 3 is 2.96 bits per heavy atom. The first-order valence-electron chi connectivity index (χ1n) is 7.39. The molecule has 138 valence electrons. The van der Waals surface area contributed by atoms with Crippen molar-refractivity contribution in [3.8, 4) is 12.3 Å². The van der Waals surface area contributed by atoms with Gasteiger partial charge in [0.05, 0.1) is 11.3 Å². The molecule has 1 aromatic carbocycles. The number of nitrogens with zero attached hydrogens (tertiary/aromatic N) is 3. The smallest absolute Gasteiger partial charge is 0.181 e. The van der Waals surface area contributed by atoms with Gasteiger partial charge in [0.2, 0.25) is 0 Å². The average Bonchev–Trinajstić information content (AvgIpc) is 3.05. The number of amidine groups is 1. The van der Waals surface area contributed by atoms with E-state index < -0.39 is 15.7 Å². The molecule has 0 saturated heterocycles. The standard InChI is InChI=1S/C15H17FN6O3S/c1-3-10-9-11(6-7-12(10)16)19-15(20-23)14-13(21-25-22-14)5-4-8-18-26(2,17)24/h1,6-7,9,23H,4-5,8H2,2H3,(H,19,20)(H2,17,18,24). The van der Waals surface area contributed by atoms with E-state index in [0.29, 0.717) is 30.8 Å². The van der Waals surface area contributed by atoms with Crippen molar-refractivity contribution in [1.82, 2.24) is 20.5 Å². The Bertz CT molecular complexity index is 949. The lowest BCUT2D eigenvalue weighted by Gasteiger charge is -2.05. The Morgan fingerprint density at radius 1 is 1.54 bits per heavy atom. The van der Waals surface area contributed by atoms with Gasteiger partial charge in [0.15, 0.2) is 11.5 Å². The molecule has 11 heteroatoms. The monoisotopic (exact) mass is 380 g/mol. The van der Waals surface area contributed by atoms with E-state index >= 15 is 0 Å². The molecule has 9 nitrogen and oxygen atoms in total. The van der Waals surface area contributed by atoms with Crippen molar-refractivity contribution >= 4 is 21.4 Å². The molecule has 1 unspecified atom stereocenters. The Hall–Kier alpha value is -2.81. The molecule has 0 bridgehead atoms. The normalized spacial score (nSPS) is 13.8. The van der Waals surface area contributed by atoms with E-state index in [-0.39, 0.29) is 17.1 Å². The predicted octanol–water partition coefficient (Wildman–Crippen LogP) is 1.36. The fourth-order valence-electron chi connectivity index (χ4n) is 2.03. The van der Waals surface area contributed by atoms with Crippen molar-refractivity contribution in [3.05, 3.63) is 41.0 Å². The van der Waals surface area contributed by atoms with Gasteiger partial charge < -0.3 is 0 Å². The van der Waals surface area contributed by atoms with Gasteiger partial charge in [-0.1, -0.05) is 11.1 Å². The molecule has 0 saturated carbocycles. The summed E-state index contributed by atoms with van der Waals surface area (Å²) < 4.78 is 39.2. The third-order valence-corrected chi connectivity index (χ3v) is 3.96. The first-order valence-corrected chi connectivity index (χ1v) is 9.36. The van der Waals surface area contributed by atoms with E-state index in [1.54, 1.807) is 0 Å². The summed E-state index contributed by atoms with van der Waals surface area (Å²) in [7, 11) is -2.78. The van der Waals surface area contributed by atoms with Crippen LogP contribution in [0.2, 0.25) is 0 Å². The van der Waals surface area contributed by atoms with Crippen LogP contribution in [0.15, 0.2) is 27.8 Å². The molecule has 0 aliphatic rings. The molecular formula is C15H17FN6O3S. The summed E-state index contributed by atoms with van der Waals surface area (Å²) in [5.41, 5.74) is 2.81.